The van der Waals surface area contributed by atoms with Crippen molar-refractivity contribution in [2.45, 2.75) is 57.4 Å². The van der Waals surface area contributed by atoms with Crippen LogP contribution in [0.2, 0.25) is 0 Å². The lowest BCUT2D eigenvalue weighted by atomic mass is 9.85. The van der Waals surface area contributed by atoms with Crippen molar-refractivity contribution in [1.82, 2.24) is 19.7 Å². The van der Waals surface area contributed by atoms with Crippen LogP contribution in [0.4, 0.5) is 4.79 Å². The van der Waals surface area contributed by atoms with Gasteiger partial charge in [0.15, 0.2) is 0 Å². The second-order valence-corrected chi connectivity index (χ2v) is 10.4. The quantitative estimate of drug-likeness (QED) is 0.507. The van der Waals surface area contributed by atoms with Crippen LogP contribution in [0.25, 0.3) is 10.2 Å². The highest BCUT2D eigenvalue weighted by Crippen LogP contribution is 2.34. The summed E-state index contributed by atoms with van der Waals surface area (Å²) in [6.07, 6.45) is 5.41. The van der Waals surface area contributed by atoms with Gasteiger partial charge in [-0.1, -0.05) is 31.9 Å². The zero-order valence-electron chi connectivity index (χ0n) is 18.7. The summed E-state index contributed by atoms with van der Waals surface area (Å²) in [6.45, 7) is 2.71. The fourth-order valence-corrected chi connectivity index (χ4v) is 6.43. The number of imide groups is 2. The Morgan fingerprint density at radius 1 is 1.06 bits per heavy atom. The number of rotatable bonds is 4. The molecule has 2 aromatic rings. The number of fused-ring (bicyclic) bond motifs is 1. The van der Waals surface area contributed by atoms with E-state index in [1.807, 2.05) is 31.2 Å². The monoisotopic (exact) mass is 468 g/mol. The molecule has 2 aliphatic heterocycles. The van der Waals surface area contributed by atoms with Gasteiger partial charge in [-0.2, -0.15) is 0 Å². The van der Waals surface area contributed by atoms with Crippen molar-refractivity contribution in [1.29, 1.82) is 0 Å². The summed E-state index contributed by atoms with van der Waals surface area (Å²) in [5, 5.41) is 1.01. The smallest absolute Gasteiger partial charge is 0.334 e. The van der Waals surface area contributed by atoms with Gasteiger partial charge in [-0.15, -0.1) is 11.3 Å². The maximum Gasteiger partial charge on any atom is 0.334 e. The first-order valence-corrected chi connectivity index (χ1v) is 12.6. The molecular weight excluding hydrogens is 440 g/mol. The highest BCUT2D eigenvalue weighted by molar-refractivity contribution is 7.18. The fraction of sp³-hybridized carbons (Fsp3) is 0.542. The highest BCUT2D eigenvalue weighted by Gasteiger charge is 2.50. The number of likely N-dealkylation sites (tertiary alicyclic amines) is 1. The summed E-state index contributed by atoms with van der Waals surface area (Å²) in [4.78, 5) is 59.7. The first-order valence-electron chi connectivity index (χ1n) is 11.8. The Kier molecular flexibility index (Phi) is 5.90. The van der Waals surface area contributed by atoms with E-state index in [2.05, 4.69) is 0 Å². The van der Waals surface area contributed by atoms with E-state index in [0.29, 0.717) is 19.5 Å². The topological polar surface area (TPSA) is 90.9 Å². The van der Waals surface area contributed by atoms with E-state index < -0.39 is 17.8 Å². The lowest BCUT2D eigenvalue weighted by Crippen LogP contribution is -2.48. The molecule has 5 amide bonds. The van der Waals surface area contributed by atoms with Gasteiger partial charge in [0.05, 0.1) is 15.2 Å². The maximum absolute atomic E-state index is 13.1. The van der Waals surface area contributed by atoms with E-state index in [-0.39, 0.29) is 30.3 Å². The lowest BCUT2D eigenvalue weighted by molar-refractivity contribution is -0.146. The minimum Gasteiger partial charge on any atom is -0.340 e. The first-order chi connectivity index (χ1) is 15.9. The molecule has 33 heavy (non-hydrogen) atoms. The summed E-state index contributed by atoms with van der Waals surface area (Å²) >= 11 is 1.65. The molecule has 3 aliphatic rings. The van der Waals surface area contributed by atoms with Crippen molar-refractivity contribution >= 4 is 45.3 Å². The maximum atomic E-state index is 13.1. The number of benzene rings is 1. The zero-order chi connectivity index (χ0) is 23.1. The summed E-state index contributed by atoms with van der Waals surface area (Å²) in [5.74, 6) is -1.68. The largest absolute Gasteiger partial charge is 0.340 e. The van der Waals surface area contributed by atoms with Crippen molar-refractivity contribution in [3.05, 3.63) is 29.3 Å². The van der Waals surface area contributed by atoms with Gasteiger partial charge in [0, 0.05) is 25.0 Å². The standard InChI is InChI=1S/C24H28N4O4S/c1-15-7-2-4-10-18(15)28-23(31)22(30)27(24(28)32)14-20(29)26-12-6-8-16(13-26)21-25-17-9-3-5-11-19(17)33-21/h3,5,9,11,15-16,18H,2,4,6-8,10,12-14H2,1H3/t15-,16+,18-/m1/s1. The van der Waals surface area contributed by atoms with Crippen LogP contribution >= 0.6 is 11.3 Å². The van der Waals surface area contributed by atoms with Crippen molar-refractivity contribution in [3.8, 4) is 0 Å². The molecule has 2 saturated heterocycles. The number of amides is 5. The van der Waals surface area contributed by atoms with E-state index in [9.17, 15) is 19.2 Å². The van der Waals surface area contributed by atoms with Crippen LogP contribution < -0.4 is 0 Å². The number of piperidine rings is 1. The molecule has 0 N–H and O–H groups in total. The Labute approximate surface area is 196 Å². The van der Waals surface area contributed by atoms with E-state index in [0.717, 1.165) is 57.1 Å². The molecule has 3 heterocycles. The van der Waals surface area contributed by atoms with Crippen molar-refractivity contribution in [2.24, 2.45) is 5.92 Å². The van der Waals surface area contributed by atoms with Crippen LogP contribution in [0.1, 0.15) is 56.4 Å². The number of hydrogen-bond acceptors (Lipinski definition) is 6. The van der Waals surface area contributed by atoms with Crippen LogP contribution in [0.15, 0.2) is 24.3 Å². The minimum absolute atomic E-state index is 0.131. The number of para-hydroxylation sites is 1. The molecule has 0 unspecified atom stereocenters. The normalized spacial score (nSPS) is 26.5. The molecule has 0 bridgehead atoms. The predicted molar refractivity (Wildman–Crippen MR) is 124 cm³/mol. The Bertz CT molecular complexity index is 1080. The van der Waals surface area contributed by atoms with E-state index in [4.69, 9.17) is 4.98 Å². The van der Waals surface area contributed by atoms with Gasteiger partial charge in [-0.05, 0) is 43.7 Å². The number of carbonyl (C=O) groups excluding carboxylic acids is 4. The third-order valence-electron chi connectivity index (χ3n) is 7.21. The van der Waals surface area contributed by atoms with Gasteiger partial charge < -0.3 is 4.90 Å². The number of nitrogens with zero attached hydrogens (tertiary/aromatic N) is 4. The van der Waals surface area contributed by atoms with Crippen molar-refractivity contribution in [3.63, 3.8) is 0 Å². The second-order valence-electron chi connectivity index (χ2n) is 9.38. The lowest BCUT2D eigenvalue weighted by Gasteiger charge is -2.34. The Morgan fingerprint density at radius 3 is 2.64 bits per heavy atom. The van der Waals surface area contributed by atoms with E-state index in [1.165, 1.54) is 0 Å². The zero-order valence-corrected chi connectivity index (χ0v) is 19.6. The molecule has 0 spiro atoms. The molecule has 9 heteroatoms. The van der Waals surface area contributed by atoms with Gasteiger partial charge in [-0.3, -0.25) is 19.3 Å². The van der Waals surface area contributed by atoms with Crippen LogP contribution in [0.5, 0.6) is 0 Å². The van der Waals surface area contributed by atoms with Crippen LogP contribution in [0, 0.1) is 5.92 Å². The third-order valence-corrected chi connectivity index (χ3v) is 8.41. The van der Waals surface area contributed by atoms with E-state index >= 15 is 0 Å². The number of aromatic nitrogens is 1. The highest BCUT2D eigenvalue weighted by atomic mass is 32.1. The molecule has 0 radical (unpaired) electrons. The first kappa shape index (κ1) is 22.0. The van der Waals surface area contributed by atoms with Gasteiger partial charge >= 0.3 is 17.8 Å². The van der Waals surface area contributed by atoms with Gasteiger partial charge in [0.2, 0.25) is 5.91 Å². The Balaban J connectivity index is 1.27. The number of hydrogen-bond donors (Lipinski definition) is 0. The molecule has 5 rings (SSSR count). The van der Waals surface area contributed by atoms with Crippen LogP contribution in [0.3, 0.4) is 0 Å². The van der Waals surface area contributed by atoms with Crippen LogP contribution in [-0.2, 0) is 14.4 Å². The van der Waals surface area contributed by atoms with Crippen LogP contribution in [-0.4, -0.2) is 69.1 Å². The van der Waals surface area contributed by atoms with Gasteiger partial charge in [0.1, 0.15) is 6.54 Å². The molecule has 1 aliphatic carbocycles. The number of thiazole rings is 1. The second kappa shape index (κ2) is 8.85. The SMILES string of the molecule is C[C@@H]1CCCC[C@H]1N1C(=O)C(=O)N(CC(=O)N2CCC[C@H](c3nc4ccccc4s3)C2)C1=O. The minimum atomic E-state index is -0.883. The van der Waals surface area contributed by atoms with E-state index in [1.54, 1.807) is 16.2 Å². The molecule has 1 saturated carbocycles. The summed E-state index contributed by atoms with van der Waals surface area (Å²) < 4.78 is 1.12. The summed E-state index contributed by atoms with van der Waals surface area (Å²) in [5.41, 5.74) is 0.963. The van der Waals surface area contributed by atoms with Crippen molar-refractivity contribution in [2.75, 3.05) is 19.6 Å². The predicted octanol–water partition coefficient (Wildman–Crippen LogP) is 3.37. The molecule has 1 aromatic heterocycles. The fourth-order valence-electron chi connectivity index (χ4n) is 5.34. The molecule has 8 nitrogen and oxygen atoms in total. The number of urea groups is 1. The van der Waals surface area contributed by atoms with Gasteiger partial charge in [-0.25, -0.2) is 14.7 Å². The summed E-state index contributed by atoms with van der Waals surface area (Å²) in [7, 11) is 0. The molecular formula is C24H28N4O4S. The Morgan fingerprint density at radius 2 is 1.85 bits per heavy atom. The molecule has 1 aromatic carbocycles. The Hall–Kier alpha value is -2.81. The third kappa shape index (κ3) is 4.03. The van der Waals surface area contributed by atoms with Crippen molar-refractivity contribution < 1.29 is 19.2 Å². The number of carbonyl (C=O) groups is 4. The average Bonchev–Trinajstić information content (AvgIpc) is 3.35. The molecule has 3 atom stereocenters. The summed E-state index contributed by atoms with van der Waals surface area (Å²) in [6, 6.07) is 7.08. The average molecular weight is 469 g/mol. The van der Waals surface area contributed by atoms with Gasteiger partial charge in [0.25, 0.3) is 0 Å². The molecule has 3 fully saturated rings. The molecule has 174 valence electrons.